The number of carbonyl (C=O) groups is 1. The number of rotatable bonds is 4. The number of benzene rings is 1. The van der Waals surface area contributed by atoms with E-state index in [1.54, 1.807) is 12.1 Å². The molecule has 0 fully saturated rings. The van der Waals surface area contributed by atoms with E-state index in [0.717, 1.165) is 30.6 Å². The molecule has 0 aromatic heterocycles. The van der Waals surface area contributed by atoms with E-state index in [2.05, 4.69) is 4.90 Å². The first-order valence-electron chi connectivity index (χ1n) is 7.15. The summed E-state index contributed by atoms with van der Waals surface area (Å²) in [5.74, 6) is -0.727. The Hall–Kier alpha value is -1.55. The van der Waals surface area contributed by atoms with Crippen molar-refractivity contribution in [2.75, 3.05) is 18.0 Å². The first-order chi connectivity index (χ1) is 9.33. The van der Waals surface area contributed by atoms with E-state index in [0.29, 0.717) is 12.1 Å². The average Bonchev–Trinajstić information content (AvgIpc) is 2.37. The lowest BCUT2D eigenvalue weighted by atomic mass is 9.89. The molecule has 4 nitrogen and oxygen atoms in total. The molecule has 1 aromatic rings. The minimum absolute atomic E-state index is 0.149. The molecule has 20 heavy (non-hydrogen) atoms. The zero-order valence-corrected chi connectivity index (χ0v) is 12.4. The van der Waals surface area contributed by atoms with E-state index >= 15 is 0 Å². The normalized spacial score (nSPS) is 17.8. The van der Waals surface area contributed by atoms with Crippen LogP contribution >= 0.6 is 0 Å². The fraction of sp³-hybridized carbons (Fsp3) is 0.562. The number of carboxylic acid groups (broad SMARTS) is 1. The Morgan fingerprint density at radius 1 is 1.45 bits per heavy atom. The summed E-state index contributed by atoms with van der Waals surface area (Å²) in [6.45, 7) is 7.23. The molecule has 0 spiro atoms. The third kappa shape index (κ3) is 2.80. The number of aliphatic hydroxyl groups is 1. The summed E-state index contributed by atoms with van der Waals surface area (Å²) in [5.41, 5.74) is 1.45. The monoisotopic (exact) mass is 277 g/mol. The molecule has 1 aliphatic rings. The van der Waals surface area contributed by atoms with Crippen LogP contribution in [0.4, 0.5) is 5.69 Å². The lowest BCUT2D eigenvalue weighted by Gasteiger charge is -2.39. The van der Waals surface area contributed by atoms with Gasteiger partial charge in [0.15, 0.2) is 0 Å². The summed E-state index contributed by atoms with van der Waals surface area (Å²) in [4.78, 5) is 13.4. The Morgan fingerprint density at radius 3 is 2.75 bits per heavy atom. The zero-order valence-electron chi connectivity index (χ0n) is 12.4. The van der Waals surface area contributed by atoms with Gasteiger partial charge in [0.05, 0.1) is 11.2 Å². The molecule has 0 amide bonds. The zero-order chi connectivity index (χ0) is 14.9. The van der Waals surface area contributed by atoms with Gasteiger partial charge in [0, 0.05) is 18.8 Å². The molecular formula is C16H23NO3. The number of hydrogen-bond acceptors (Lipinski definition) is 3. The van der Waals surface area contributed by atoms with Crippen LogP contribution in [0.1, 0.15) is 43.1 Å². The fourth-order valence-electron chi connectivity index (χ4n) is 2.63. The third-order valence-electron chi connectivity index (χ3n) is 4.33. The Morgan fingerprint density at radius 2 is 2.15 bits per heavy atom. The maximum atomic E-state index is 11.3. The molecule has 1 atom stereocenters. The van der Waals surface area contributed by atoms with Crippen LogP contribution in [0.5, 0.6) is 0 Å². The molecule has 1 heterocycles. The van der Waals surface area contributed by atoms with E-state index in [-0.39, 0.29) is 5.92 Å². The highest BCUT2D eigenvalue weighted by atomic mass is 16.4. The van der Waals surface area contributed by atoms with Crippen LogP contribution < -0.4 is 4.90 Å². The van der Waals surface area contributed by atoms with Crippen molar-refractivity contribution >= 4 is 11.7 Å². The van der Waals surface area contributed by atoms with Crippen molar-refractivity contribution in [3.8, 4) is 0 Å². The first-order valence-corrected chi connectivity index (χ1v) is 7.15. The van der Waals surface area contributed by atoms with Crippen LogP contribution in [-0.2, 0) is 6.42 Å². The van der Waals surface area contributed by atoms with Gasteiger partial charge in [-0.05, 0) is 43.4 Å². The van der Waals surface area contributed by atoms with E-state index in [4.69, 9.17) is 0 Å². The van der Waals surface area contributed by atoms with Gasteiger partial charge < -0.3 is 15.1 Å². The molecule has 2 rings (SSSR count). The first kappa shape index (κ1) is 14.9. The number of β-amino-alcohol motifs (C(OH)–C–C–N with tert-alkyl or cyclic N) is 1. The summed E-state index contributed by atoms with van der Waals surface area (Å²) < 4.78 is 0. The van der Waals surface area contributed by atoms with Crippen molar-refractivity contribution in [1.29, 1.82) is 0 Å². The van der Waals surface area contributed by atoms with Crippen molar-refractivity contribution < 1.29 is 15.0 Å². The van der Waals surface area contributed by atoms with Gasteiger partial charge in [-0.15, -0.1) is 0 Å². The van der Waals surface area contributed by atoms with E-state index in [1.807, 2.05) is 26.8 Å². The van der Waals surface area contributed by atoms with Gasteiger partial charge in [-0.1, -0.05) is 19.9 Å². The van der Waals surface area contributed by atoms with Crippen LogP contribution in [0.3, 0.4) is 0 Å². The second-order valence-electron chi connectivity index (χ2n) is 6.15. The van der Waals surface area contributed by atoms with Crippen molar-refractivity contribution in [2.45, 2.75) is 39.2 Å². The second kappa shape index (κ2) is 5.44. The van der Waals surface area contributed by atoms with Gasteiger partial charge in [0.25, 0.3) is 0 Å². The number of fused-ring (bicyclic) bond motifs is 1. The Kier molecular flexibility index (Phi) is 4.04. The summed E-state index contributed by atoms with van der Waals surface area (Å²) in [7, 11) is 0. The van der Waals surface area contributed by atoms with Crippen molar-refractivity contribution in [3.05, 3.63) is 29.3 Å². The smallest absolute Gasteiger partial charge is 0.336 e. The molecule has 0 saturated carbocycles. The predicted molar refractivity (Wildman–Crippen MR) is 79.4 cm³/mol. The SMILES string of the molecule is CC(C)C(C)(O)CN1CCCc2c(C(=O)O)cccc21. The molecule has 0 bridgehead atoms. The van der Waals surface area contributed by atoms with Gasteiger partial charge in [0.1, 0.15) is 0 Å². The number of nitrogens with zero attached hydrogens (tertiary/aromatic N) is 1. The topological polar surface area (TPSA) is 60.8 Å². The molecule has 1 unspecified atom stereocenters. The molecule has 110 valence electrons. The minimum atomic E-state index is -0.876. The minimum Gasteiger partial charge on any atom is -0.478 e. The van der Waals surface area contributed by atoms with E-state index in [9.17, 15) is 15.0 Å². The molecule has 1 aliphatic heterocycles. The van der Waals surface area contributed by atoms with Crippen molar-refractivity contribution in [1.82, 2.24) is 0 Å². The lowest BCUT2D eigenvalue weighted by molar-refractivity contribution is 0.0203. The summed E-state index contributed by atoms with van der Waals surface area (Å²) in [6, 6.07) is 5.40. The largest absolute Gasteiger partial charge is 0.478 e. The number of anilines is 1. The fourth-order valence-corrected chi connectivity index (χ4v) is 2.63. The average molecular weight is 277 g/mol. The lowest BCUT2D eigenvalue weighted by Crippen LogP contribution is -2.46. The van der Waals surface area contributed by atoms with Gasteiger partial charge in [-0.2, -0.15) is 0 Å². The van der Waals surface area contributed by atoms with E-state index in [1.165, 1.54) is 0 Å². The highest BCUT2D eigenvalue weighted by Crippen LogP contribution is 2.32. The highest BCUT2D eigenvalue weighted by molar-refractivity contribution is 5.91. The molecule has 1 aromatic carbocycles. The maximum Gasteiger partial charge on any atom is 0.336 e. The number of carboxylic acids is 1. The number of hydrogen-bond donors (Lipinski definition) is 2. The molecule has 0 aliphatic carbocycles. The molecule has 0 radical (unpaired) electrons. The summed E-state index contributed by atoms with van der Waals surface area (Å²) in [5, 5.41) is 19.8. The van der Waals surface area contributed by atoms with E-state index < -0.39 is 11.6 Å². The maximum absolute atomic E-state index is 11.3. The molecule has 2 N–H and O–H groups in total. The van der Waals surface area contributed by atoms with Gasteiger partial charge in [-0.3, -0.25) is 0 Å². The standard InChI is InChI=1S/C16H23NO3/c1-11(2)16(3,20)10-17-9-5-7-12-13(15(18)19)6-4-8-14(12)17/h4,6,8,11,20H,5,7,9-10H2,1-3H3,(H,18,19). The number of aromatic carboxylic acids is 1. The highest BCUT2D eigenvalue weighted by Gasteiger charge is 2.30. The third-order valence-corrected chi connectivity index (χ3v) is 4.33. The van der Waals surface area contributed by atoms with Gasteiger partial charge in [-0.25, -0.2) is 4.79 Å². The molecule has 4 heteroatoms. The quantitative estimate of drug-likeness (QED) is 0.888. The van der Waals surface area contributed by atoms with Crippen molar-refractivity contribution in [2.24, 2.45) is 5.92 Å². The van der Waals surface area contributed by atoms with Crippen LogP contribution in [0.15, 0.2) is 18.2 Å². The van der Waals surface area contributed by atoms with Crippen LogP contribution in [0, 0.1) is 5.92 Å². The Labute approximate surface area is 120 Å². The molecule has 0 saturated heterocycles. The predicted octanol–water partition coefficient (Wildman–Crippen LogP) is 2.54. The second-order valence-corrected chi connectivity index (χ2v) is 6.15. The van der Waals surface area contributed by atoms with Gasteiger partial charge >= 0.3 is 5.97 Å². The van der Waals surface area contributed by atoms with Crippen molar-refractivity contribution in [3.63, 3.8) is 0 Å². The van der Waals surface area contributed by atoms with Crippen LogP contribution in [0.2, 0.25) is 0 Å². The Balaban J connectivity index is 2.34. The van der Waals surface area contributed by atoms with Crippen LogP contribution in [0.25, 0.3) is 0 Å². The van der Waals surface area contributed by atoms with Gasteiger partial charge in [0.2, 0.25) is 0 Å². The summed E-state index contributed by atoms with van der Waals surface area (Å²) in [6.07, 6.45) is 1.71. The summed E-state index contributed by atoms with van der Waals surface area (Å²) >= 11 is 0. The van der Waals surface area contributed by atoms with Crippen LogP contribution in [-0.4, -0.2) is 34.9 Å². The Bertz CT molecular complexity index is 508. The molecular weight excluding hydrogens is 254 g/mol.